The third-order valence-corrected chi connectivity index (χ3v) is 3.13. The molecule has 0 spiro atoms. The second-order valence-electron chi connectivity index (χ2n) is 6.07. The molecule has 0 saturated heterocycles. The van der Waals surface area contributed by atoms with Gasteiger partial charge in [-0.05, 0) is 44.5 Å². The fourth-order valence-electron chi connectivity index (χ4n) is 2.02. The van der Waals surface area contributed by atoms with Gasteiger partial charge in [0.2, 0.25) is 0 Å². The van der Waals surface area contributed by atoms with Gasteiger partial charge in [-0.1, -0.05) is 23.7 Å². The molecule has 0 bridgehead atoms. The van der Waals surface area contributed by atoms with Crippen molar-refractivity contribution in [3.05, 3.63) is 47.2 Å². The quantitative estimate of drug-likeness (QED) is 0.800. The summed E-state index contributed by atoms with van der Waals surface area (Å²) < 4.78 is 5.19. The predicted octanol–water partition coefficient (Wildman–Crippen LogP) is 4.45. The van der Waals surface area contributed by atoms with E-state index < -0.39 is 17.7 Å². The molecule has 1 aromatic heterocycles. The van der Waals surface area contributed by atoms with Crippen molar-refractivity contribution in [3.63, 3.8) is 0 Å². The van der Waals surface area contributed by atoms with Gasteiger partial charge in [-0.2, -0.15) is 0 Å². The molecule has 1 aromatic carbocycles. The predicted molar refractivity (Wildman–Crippen MR) is 91.5 cm³/mol. The van der Waals surface area contributed by atoms with Crippen molar-refractivity contribution < 1.29 is 19.4 Å². The standard InChI is InChI=1S/C17H17ClN2O4/c1-17(2,3)24-16(23)20-11-6-4-5-10(7-11)13-9-19-14(18)8-12(13)15(21)22/h4-9H,1-3H3,(H,20,23)(H,21,22). The van der Waals surface area contributed by atoms with E-state index in [-0.39, 0.29) is 10.7 Å². The van der Waals surface area contributed by atoms with Gasteiger partial charge in [0, 0.05) is 17.4 Å². The van der Waals surface area contributed by atoms with Crippen LogP contribution in [0.4, 0.5) is 10.5 Å². The number of halogens is 1. The smallest absolute Gasteiger partial charge is 0.412 e. The van der Waals surface area contributed by atoms with Crippen molar-refractivity contribution in [1.82, 2.24) is 4.98 Å². The van der Waals surface area contributed by atoms with Crippen LogP contribution in [0.2, 0.25) is 5.15 Å². The number of nitrogens with one attached hydrogen (secondary N) is 1. The lowest BCUT2D eigenvalue weighted by Crippen LogP contribution is -2.27. The van der Waals surface area contributed by atoms with E-state index in [0.717, 1.165) is 0 Å². The molecule has 2 rings (SSSR count). The van der Waals surface area contributed by atoms with Crippen molar-refractivity contribution in [2.24, 2.45) is 0 Å². The third kappa shape index (κ3) is 4.70. The Morgan fingerprint density at radius 1 is 1.25 bits per heavy atom. The first kappa shape index (κ1) is 17.7. The van der Waals surface area contributed by atoms with E-state index in [9.17, 15) is 14.7 Å². The number of aromatic carboxylic acids is 1. The molecule has 0 aliphatic rings. The summed E-state index contributed by atoms with van der Waals surface area (Å²) >= 11 is 5.76. The third-order valence-electron chi connectivity index (χ3n) is 2.92. The summed E-state index contributed by atoms with van der Waals surface area (Å²) in [5.41, 5.74) is 0.889. The second kappa shape index (κ2) is 6.88. The van der Waals surface area contributed by atoms with Gasteiger partial charge in [-0.3, -0.25) is 5.32 Å². The zero-order chi connectivity index (χ0) is 17.9. The van der Waals surface area contributed by atoms with E-state index in [4.69, 9.17) is 16.3 Å². The Morgan fingerprint density at radius 3 is 2.58 bits per heavy atom. The number of hydrogen-bond acceptors (Lipinski definition) is 4. The number of ether oxygens (including phenoxy) is 1. The summed E-state index contributed by atoms with van der Waals surface area (Å²) in [4.78, 5) is 27.2. The van der Waals surface area contributed by atoms with Gasteiger partial charge < -0.3 is 9.84 Å². The first-order valence-electron chi connectivity index (χ1n) is 7.15. The van der Waals surface area contributed by atoms with Crippen LogP contribution in [0.15, 0.2) is 36.5 Å². The van der Waals surface area contributed by atoms with Gasteiger partial charge in [-0.25, -0.2) is 14.6 Å². The van der Waals surface area contributed by atoms with Crippen LogP contribution >= 0.6 is 11.6 Å². The topological polar surface area (TPSA) is 88.5 Å². The van der Waals surface area contributed by atoms with Gasteiger partial charge in [0.25, 0.3) is 0 Å². The minimum absolute atomic E-state index is 0.0319. The first-order chi connectivity index (χ1) is 11.2. The SMILES string of the molecule is CC(C)(C)OC(=O)Nc1cccc(-c2cnc(Cl)cc2C(=O)O)c1. The first-order valence-corrected chi connectivity index (χ1v) is 7.53. The van der Waals surface area contributed by atoms with Gasteiger partial charge in [0.1, 0.15) is 10.8 Å². The maximum Gasteiger partial charge on any atom is 0.412 e. The molecule has 0 aliphatic carbocycles. The van der Waals surface area contributed by atoms with E-state index in [2.05, 4.69) is 10.3 Å². The number of carboxylic acid groups (broad SMARTS) is 1. The van der Waals surface area contributed by atoms with Gasteiger partial charge in [0.15, 0.2) is 0 Å². The number of aromatic nitrogens is 1. The molecule has 2 N–H and O–H groups in total. The molecular formula is C17H17ClN2O4. The molecule has 6 nitrogen and oxygen atoms in total. The van der Waals surface area contributed by atoms with Crippen LogP contribution in [0, 0.1) is 0 Å². The average molecular weight is 349 g/mol. The lowest BCUT2D eigenvalue weighted by molar-refractivity contribution is 0.0634. The highest BCUT2D eigenvalue weighted by Gasteiger charge is 2.17. The molecule has 0 fully saturated rings. The van der Waals surface area contributed by atoms with Gasteiger partial charge >= 0.3 is 12.1 Å². The lowest BCUT2D eigenvalue weighted by atomic mass is 10.0. The van der Waals surface area contributed by atoms with Crippen molar-refractivity contribution >= 4 is 29.4 Å². The minimum atomic E-state index is -1.11. The van der Waals surface area contributed by atoms with Crippen LogP contribution in [0.3, 0.4) is 0 Å². The van der Waals surface area contributed by atoms with Crippen LogP contribution in [0.25, 0.3) is 11.1 Å². The van der Waals surface area contributed by atoms with Crippen LogP contribution in [0.5, 0.6) is 0 Å². The molecule has 0 aliphatic heterocycles. The highest BCUT2D eigenvalue weighted by molar-refractivity contribution is 6.29. The summed E-state index contributed by atoms with van der Waals surface area (Å²) in [5.74, 6) is -1.11. The molecule has 0 radical (unpaired) electrons. The number of carbonyl (C=O) groups excluding carboxylic acids is 1. The zero-order valence-electron chi connectivity index (χ0n) is 13.5. The van der Waals surface area contributed by atoms with E-state index in [0.29, 0.717) is 16.8 Å². The number of rotatable bonds is 3. The summed E-state index contributed by atoms with van der Waals surface area (Å²) in [5, 5.41) is 12.0. The molecular weight excluding hydrogens is 332 g/mol. The Kier molecular flexibility index (Phi) is 5.09. The van der Waals surface area contributed by atoms with Crippen LogP contribution < -0.4 is 5.32 Å². The molecule has 2 aromatic rings. The zero-order valence-corrected chi connectivity index (χ0v) is 14.2. The number of hydrogen-bond donors (Lipinski definition) is 2. The van der Waals surface area contributed by atoms with Gasteiger partial charge in [-0.15, -0.1) is 0 Å². The summed E-state index contributed by atoms with van der Waals surface area (Å²) in [7, 11) is 0. The fourth-order valence-corrected chi connectivity index (χ4v) is 2.18. The summed E-state index contributed by atoms with van der Waals surface area (Å²) in [6.07, 6.45) is 0.797. The molecule has 0 atom stereocenters. The van der Waals surface area contributed by atoms with E-state index in [1.54, 1.807) is 45.0 Å². The van der Waals surface area contributed by atoms with Gasteiger partial charge in [0.05, 0.1) is 5.56 Å². The molecule has 0 unspecified atom stereocenters. The molecule has 1 amide bonds. The Balaban J connectivity index is 2.32. The lowest BCUT2D eigenvalue weighted by Gasteiger charge is -2.19. The van der Waals surface area contributed by atoms with Crippen molar-refractivity contribution in [1.29, 1.82) is 0 Å². The molecule has 126 valence electrons. The van der Waals surface area contributed by atoms with Crippen molar-refractivity contribution in [2.45, 2.75) is 26.4 Å². The van der Waals surface area contributed by atoms with E-state index >= 15 is 0 Å². The maximum absolute atomic E-state index is 11.8. The van der Waals surface area contributed by atoms with E-state index in [1.165, 1.54) is 12.3 Å². The second-order valence-corrected chi connectivity index (χ2v) is 6.45. The number of carbonyl (C=O) groups is 2. The van der Waals surface area contributed by atoms with Crippen LogP contribution in [-0.2, 0) is 4.74 Å². The number of nitrogens with zero attached hydrogens (tertiary/aromatic N) is 1. The monoisotopic (exact) mass is 348 g/mol. The number of benzene rings is 1. The number of pyridine rings is 1. The number of amides is 1. The minimum Gasteiger partial charge on any atom is -0.478 e. The molecule has 1 heterocycles. The Hall–Kier alpha value is -2.60. The highest BCUT2D eigenvalue weighted by atomic mass is 35.5. The number of anilines is 1. The van der Waals surface area contributed by atoms with Crippen molar-refractivity contribution in [3.8, 4) is 11.1 Å². The highest BCUT2D eigenvalue weighted by Crippen LogP contribution is 2.27. The maximum atomic E-state index is 11.8. The van der Waals surface area contributed by atoms with Crippen molar-refractivity contribution in [2.75, 3.05) is 5.32 Å². The van der Waals surface area contributed by atoms with E-state index in [1.807, 2.05) is 0 Å². The summed E-state index contributed by atoms with van der Waals surface area (Å²) in [6, 6.07) is 8.02. The molecule has 24 heavy (non-hydrogen) atoms. The average Bonchev–Trinajstić information content (AvgIpc) is 2.45. The van der Waals surface area contributed by atoms with Crippen LogP contribution in [-0.4, -0.2) is 27.8 Å². The fraction of sp³-hybridized carbons (Fsp3) is 0.235. The van der Waals surface area contributed by atoms with Crippen LogP contribution in [0.1, 0.15) is 31.1 Å². The number of carboxylic acids is 1. The Morgan fingerprint density at radius 2 is 1.96 bits per heavy atom. The molecule has 7 heteroatoms. The molecule has 0 saturated carbocycles. The Bertz CT molecular complexity index is 784. The Labute approximate surface area is 144 Å². The largest absolute Gasteiger partial charge is 0.478 e. The normalized spacial score (nSPS) is 11.0. The summed E-state index contributed by atoms with van der Waals surface area (Å²) in [6.45, 7) is 5.30.